The summed E-state index contributed by atoms with van der Waals surface area (Å²) in [7, 11) is 0. The van der Waals surface area contributed by atoms with Gasteiger partial charge in [-0.1, -0.05) is 182 Å². The van der Waals surface area contributed by atoms with Crippen LogP contribution in [0, 0.1) is 27.7 Å². The second-order valence-corrected chi connectivity index (χ2v) is 20.2. The lowest BCUT2D eigenvalue weighted by Crippen LogP contribution is -2.13. The largest absolute Gasteiger partial charge is 0.309 e. The Kier molecular flexibility index (Phi) is 9.19. The molecule has 0 aliphatic carbocycles. The molecule has 0 fully saturated rings. The lowest BCUT2D eigenvalue weighted by Gasteiger charge is -2.29. The van der Waals surface area contributed by atoms with Crippen LogP contribution in [0.1, 0.15) is 22.3 Å². The molecule has 350 valence electrons. The summed E-state index contributed by atoms with van der Waals surface area (Å²) in [6.45, 7) is 8.92. The number of nitrogens with zero attached hydrogens (tertiary/aromatic N) is 4. The van der Waals surface area contributed by atoms with Gasteiger partial charge in [0.15, 0.2) is 0 Å². The SMILES string of the molecule is Cc1ccccc1N(c1ccccc1C)c1ccc2c3c(-c4ccccc4)c4c(c(-c5ccccc5)c3n3c5ccccc5c1c23)c1ccc(N(c2ccccc2C)c2ccccc2C)c2c3ccccc3n4c12. The van der Waals surface area contributed by atoms with E-state index in [2.05, 4.69) is 277 Å². The Hall–Kier alpha value is -9.38. The van der Waals surface area contributed by atoms with Crippen LogP contribution in [0.4, 0.5) is 34.1 Å². The van der Waals surface area contributed by atoms with Gasteiger partial charge in [0.1, 0.15) is 0 Å². The lowest BCUT2D eigenvalue weighted by molar-refractivity contribution is 1.24. The van der Waals surface area contributed by atoms with E-state index >= 15 is 0 Å². The normalized spacial score (nSPS) is 12.1. The molecule has 0 N–H and O–H groups in total. The number of anilines is 6. The maximum absolute atomic E-state index is 2.64. The standard InChI is InChI=1S/C70H50N4/c1-43-23-11-17-33-53(43)71(54-34-18-12-24-44(54)2)59-41-39-51-65-61(47-27-7-5-8-28-47)70-66(62(48-29-9-6-10-30-48)69(65)73-57-37-21-15-31-49(57)63(59)67(51)73)52-40-42-60(64-50-32-16-22-38-58(50)74(70)68(52)64)72(55-35-19-13-25-45(55)3)56-36-20-14-26-46(56)4/h5-42H,1-4H3. The van der Waals surface area contributed by atoms with Crippen molar-refractivity contribution in [2.75, 3.05) is 9.80 Å². The Morgan fingerprint density at radius 1 is 0.243 bits per heavy atom. The Labute approximate surface area is 429 Å². The molecule has 0 bridgehead atoms. The summed E-state index contributed by atoms with van der Waals surface area (Å²) in [5.74, 6) is 0. The molecule has 4 aromatic heterocycles. The van der Waals surface area contributed by atoms with Gasteiger partial charge in [-0.15, -0.1) is 0 Å². The highest BCUT2D eigenvalue weighted by molar-refractivity contribution is 6.39. The minimum Gasteiger partial charge on any atom is -0.309 e. The minimum absolute atomic E-state index is 1.16. The number of benzene rings is 11. The molecule has 15 rings (SSSR count). The summed E-state index contributed by atoms with van der Waals surface area (Å²) >= 11 is 0. The molecule has 0 atom stereocenters. The molecule has 0 aliphatic heterocycles. The van der Waals surface area contributed by atoms with Gasteiger partial charge in [-0.05, 0) is 110 Å². The number of hydrogen-bond donors (Lipinski definition) is 0. The van der Waals surface area contributed by atoms with Crippen LogP contribution in [0.25, 0.3) is 98.4 Å². The van der Waals surface area contributed by atoms with E-state index in [0.29, 0.717) is 0 Å². The van der Waals surface area contributed by atoms with Crippen LogP contribution < -0.4 is 9.80 Å². The third-order valence-electron chi connectivity index (χ3n) is 16.1. The molecule has 0 amide bonds. The van der Waals surface area contributed by atoms with Crippen LogP contribution in [0.5, 0.6) is 0 Å². The van der Waals surface area contributed by atoms with Crippen LogP contribution in [-0.4, -0.2) is 8.80 Å². The summed E-state index contributed by atoms with van der Waals surface area (Å²) in [4.78, 5) is 5.01. The fourth-order valence-corrected chi connectivity index (χ4v) is 12.9. The molecule has 74 heavy (non-hydrogen) atoms. The van der Waals surface area contributed by atoms with Crippen molar-refractivity contribution >= 4 is 110 Å². The summed E-state index contributed by atoms with van der Waals surface area (Å²) in [6, 6.07) is 85.5. The van der Waals surface area contributed by atoms with Crippen molar-refractivity contribution in [3.05, 3.63) is 253 Å². The number of aromatic nitrogens is 2. The number of rotatable bonds is 8. The van der Waals surface area contributed by atoms with Crippen molar-refractivity contribution in [3.8, 4) is 22.3 Å². The second kappa shape index (κ2) is 16.1. The van der Waals surface area contributed by atoms with Crippen LogP contribution in [0.15, 0.2) is 231 Å². The van der Waals surface area contributed by atoms with E-state index in [9.17, 15) is 0 Å². The molecule has 0 radical (unpaired) electrons. The van der Waals surface area contributed by atoms with E-state index < -0.39 is 0 Å². The van der Waals surface area contributed by atoms with Gasteiger partial charge in [0.25, 0.3) is 0 Å². The van der Waals surface area contributed by atoms with Crippen molar-refractivity contribution in [2.24, 2.45) is 0 Å². The van der Waals surface area contributed by atoms with Crippen LogP contribution in [0.3, 0.4) is 0 Å². The van der Waals surface area contributed by atoms with Gasteiger partial charge >= 0.3 is 0 Å². The van der Waals surface area contributed by atoms with Gasteiger partial charge in [0.05, 0.1) is 44.5 Å². The zero-order chi connectivity index (χ0) is 49.3. The first-order chi connectivity index (χ1) is 36.5. The van der Waals surface area contributed by atoms with Crippen LogP contribution >= 0.6 is 0 Å². The van der Waals surface area contributed by atoms with Gasteiger partial charge in [0, 0.05) is 77.0 Å². The first-order valence-corrected chi connectivity index (χ1v) is 25.8. The maximum Gasteiger partial charge on any atom is 0.0642 e. The Morgan fingerprint density at radius 3 is 0.905 bits per heavy atom. The average molecular weight is 947 g/mol. The molecule has 15 aromatic rings. The summed E-state index contributed by atoms with van der Waals surface area (Å²) in [5.41, 5.74) is 24.0. The fourth-order valence-electron chi connectivity index (χ4n) is 12.9. The van der Waals surface area contributed by atoms with Crippen molar-refractivity contribution in [1.29, 1.82) is 0 Å². The van der Waals surface area contributed by atoms with Gasteiger partial charge < -0.3 is 18.6 Å². The molecule has 0 saturated carbocycles. The van der Waals surface area contributed by atoms with Crippen molar-refractivity contribution in [3.63, 3.8) is 0 Å². The van der Waals surface area contributed by atoms with Gasteiger partial charge in [0.2, 0.25) is 0 Å². The van der Waals surface area contributed by atoms with Crippen molar-refractivity contribution in [1.82, 2.24) is 8.80 Å². The van der Waals surface area contributed by atoms with Crippen LogP contribution in [-0.2, 0) is 0 Å². The Bertz CT molecular complexity index is 4320. The number of para-hydroxylation sites is 6. The molecular weight excluding hydrogens is 897 g/mol. The highest BCUT2D eigenvalue weighted by Gasteiger charge is 2.33. The zero-order valence-electron chi connectivity index (χ0n) is 41.7. The molecule has 4 heteroatoms. The highest BCUT2D eigenvalue weighted by atomic mass is 15.2. The van der Waals surface area contributed by atoms with E-state index in [-0.39, 0.29) is 0 Å². The zero-order valence-corrected chi connectivity index (χ0v) is 41.7. The van der Waals surface area contributed by atoms with E-state index in [1.54, 1.807) is 0 Å². The summed E-state index contributed by atoms with van der Waals surface area (Å²) < 4.78 is 5.27. The predicted molar refractivity (Wildman–Crippen MR) is 315 cm³/mol. The monoisotopic (exact) mass is 946 g/mol. The highest BCUT2D eigenvalue weighted by Crippen LogP contribution is 2.57. The van der Waals surface area contributed by atoms with Gasteiger partial charge in [-0.3, -0.25) is 0 Å². The topological polar surface area (TPSA) is 15.3 Å². The lowest BCUT2D eigenvalue weighted by atomic mass is 9.89. The van der Waals surface area contributed by atoms with E-state index in [0.717, 1.165) is 11.4 Å². The van der Waals surface area contributed by atoms with Gasteiger partial charge in [-0.2, -0.15) is 0 Å². The molecule has 11 aromatic carbocycles. The first-order valence-electron chi connectivity index (χ1n) is 25.8. The fraction of sp³-hybridized carbons (Fsp3) is 0.0571. The van der Waals surface area contributed by atoms with E-state index in [1.807, 2.05) is 0 Å². The number of fused-ring (bicyclic) bond motifs is 12. The van der Waals surface area contributed by atoms with E-state index in [1.165, 1.54) is 143 Å². The minimum atomic E-state index is 1.16. The van der Waals surface area contributed by atoms with E-state index in [4.69, 9.17) is 0 Å². The number of aryl methyl sites for hydroxylation is 4. The molecule has 0 spiro atoms. The summed E-state index contributed by atoms with van der Waals surface area (Å²) in [6.07, 6.45) is 0. The molecule has 0 saturated heterocycles. The molecule has 0 unspecified atom stereocenters. The molecule has 4 heterocycles. The maximum atomic E-state index is 2.64. The van der Waals surface area contributed by atoms with Crippen molar-refractivity contribution in [2.45, 2.75) is 27.7 Å². The molecular formula is C70H50N4. The first kappa shape index (κ1) is 42.3. The van der Waals surface area contributed by atoms with Crippen molar-refractivity contribution < 1.29 is 0 Å². The average Bonchev–Trinajstić information content (AvgIpc) is 4.18. The number of hydrogen-bond acceptors (Lipinski definition) is 2. The quantitative estimate of drug-likeness (QED) is 0.151. The van der Waals surface area contributed by atoms with Gasteiger partial charge in [-0.25, -0.2) is 0 Å². The smallest absolute Gasteiger partial charge is 0.0642 e. The molecule has 4 nitrogen and oxygen atoms in total. The predicted octanol–water partition coefficient (Wildman–Crippen LogP) is 19.5. The van der Waals surface area contributed by atoms with Crippen LogP contribution in [0.2, 0.25) is 0 Å². The third kappa shape index (κ3) is 5.79. The second-order valence-electron chi connectivity index (χ2n) is 20.2. The summed E-state index contributed by atoms with van der Waals surface area (Å²) in [5, 5.41) is 9.92. The Morgan fingerprint density at radius 2 is 0.554 bits per heavy atom. The Balaban J connectivity index is 1.18. The third-order valence-corrected chi connectivity index (χ3v) is 16.1. The molecule has 0 aliphatic rings.